The van der Waals surface area contributed by atoms with E-state index in [-0.39, 0.29) is 11.8 Å². The van der Waals surface area contributed by atoms with Crippen molar-refractivity contribution in [1.29, 1.82) is 0 Å². The molecule has 0 aromatic heterocycles. The molecular weight excluding hydrogens is 236 g/mol. The number of nitrogens with two attached hydrogens (primary N) is 1. The second-order valence-corrected chi connectivity index (χ2v) is 5.35. The molecule has 3 nitrogen and oxygen atoms in total. The van der Waals surface area contributed by atoms with E-state index in [1.54, 1.807) is 0 Å². The van der Waals surface area contributed by atoms with Gasteiger partial charge >= 0.3 is 0 Å². The molecule has 1 aromatic rings. The number of hydrogen-bond donors (Lipinski definition) is 2. The van der Waals surface area contributed by atoms with Crippen molar-refractivity contribution in [3.05, 3.63) is 35.9 Å². The van der Waals surface area contributed by atoms with Crippen molar-refractivity contribution in [2.75, 3.05) is 13.1 Å². The van der Waals surface area contributed by atoms with Crippen molar-refractivity contribution >= 4 is 5.91 Å². The zero-order valence-corrected chi connectivity index (χ0v) is 11.5. The number of amides is 1. The number of hydrogen-bond acceptors (Lipinski definition) is 2. The van der Waals surface area contributed by atoms with Crippen molar-refractivity contribution in [2.24, 2.45) is 11.7 Å². The van der Waals surface area contributed by atoms with Gasteiger partial charge in [0.05, 0.1) is 0 Å². The summed E-state index contributed by atoms with van der Waals surface area (Å²) in [6.45, 7) is 1.58. The molecular formula is C16H24N2O. The van der Waals surface area contributed by atoms with Crippen LogP contribution in [0.2, 0.25) is 0 Å². The zero-order chi connectivity index (χ0) is 13.5. The predicted molar refractivity (Wildman–Crippen MR) is 77.8 cm³/mol. The third-order valence-corrected chi connectivity index (χ3v) is 3.79. The molecule has 1 amide bonds. The number of carbonyl (C=O) groups is 1. The molecule has 1 fully saturated rings. The highest BCUT2D eigenvalue weighted by Gasteiger charge is 2.43. The Hall–Kier alpha value is -1.35. The summed E-state index contributed by atoms with van der Waals surface area (Å²) in [5.74, 6) is 0.873. The maximum atomic E-state index is 11.9. The molecule has 0 spiro atoms. The largest absolute Gasteiger partial charge is 0.356 e. The van der Waals surface area contributed by atoms with Gasteiger partial charge in [0.1, 0.15) is 0 Å². The SMILES string of the molecule is NCCCCCCNC(=O)C1CC1c1ccccc1. The summed E-state index contributed by atoms with van der Waals surface area (Å²) >= 11 is 0. The van der Waals surface area contributed by atoms with Gasteiger partial charge in [-0.05, 0) is 37.3 Å². The average molecular weight is 260 g/mol. The average Bonchev–Trinajstić information content (AvgIpc) is 3.24. The second-order valence-electron chi connectivity index (χ2n) is 5.35. The van der Waals surface area contributed by atoms with Crippen LogP contribution in [0.25, 0.3) is 0 Å². The number of rotatable bonds is 8. The summed E-state index contributed by atoms with van der Waals surface area (Å²) in [5.41, 5.74) is 6.74. The normalized spacial score (nSPS) is 21.1. The van der Waals surface area contributed by atoms with E-state index < -0.39 is 0 Å². The highest BCUT2D eigenvalue weighted by atomic mass is 16.2. The van der Waals surface area contributed by atoms with E-state index in [4.69, 9.17) is 5.73 Å². The Bertz CT molecular complexity index is 391. The van der Waals surface area contributed by atoms with Gasteiger partial charge in [-0.25, -0.2) is 0 Å². The molecule has 3 N–H and O–H groups in total. The van der Waals surface area contributed by atoms with Crippen molar-refractivity contribution in [2.45, 2.75) is 38.0 Å². The van der Waals surface area contributed by atoms with Gasteiger partial charge in [0.2, 0.25) is 5.91 Å². The molecule has 0 saturated heterocycles. The smallest absolute Gasteiger partial charge is 0.223 e. The van der Waals surface area contributed by atoms with Crippen LogP contribution in [0.3, 0.4) is 0 Å². The molecule has 1 saturated carbocycles. The summed E-state index contributed by atoms with van der Waals surface area (Å²) in [5, 5.41) is 3.05. The fourth-order valence-corrected chi connectivity index (χ4v) is 2.52. The third-order valence-electron chi connectivity index (χ3n) is 3.79. The molecule has 2 unspecified atom stereocenters. The van der Waals surface area contributed by atoms with Crippen molar-refractivity contribution < 1.29 is 4.79 Å². The van der Waals surface area contributed by atoms with E-state index >= 15 is 0 Å². The van der Waals surface area contributed by atoms with Crippen LogP contribution in [0, 0.1) is 5.92 Å². The molecule has 2 atom stereocenters. The van der Waals surface area contributed by atoms with E-state index in [1.807, 2.05) is 18.2 Å². The molecule has 1 aliphatic rings. The van der Waals surface area contributed by atoms with Gasteiger partial charge in [0.15, 0.2) is 0 Å². The summed E-state index contributed by atoms with van der Waals surface area (Å²) in [6, 6.07) is 10.3. The van der Waals surface area contributed by atoms with Crippen LogP contribution in [-0.4, -0.2) is 19.0 Å². The van der Waals surface area contributed by atoms with Crippen LogP contribution in [0.4, 0.5) is 0 Å². The van der Waals surface area contributed by atoms with Crippen molar-refractivity contribution in [1.82, 2.24) is 5.32 Å². The topological polar surface area (TPSA) is 55.1 Å². The lowest BCUT2D eigenvalue weighted by Crippen LogP contribution is -2.26. The minimum absolute atomic E-state index is 0.200. The van der Waals surface area contributed by atoms with E-state index in [1.165, 1.54) is 12.0 Å². The Labute approximate surface area is 115 Å². The maximum Gasteiger partial charge on any atom is 0.223 e. The fourth-order valence-electron chi connectivity index (χ4n) is 2.52. The Morgan fingerprint density at radius 3 is 2.63 bits per heavy atom. The van der Waals surface area contributed by atoms with E-state index in [0.29, 0.717) is 5.92 Å². The summed E-state index contributed by atoms with van der Waals surface area (Å²) < 4.78 is 0. The molecule has 104 valence electrons. The van der Waals surface area contributed by atoms with Gasteiger partial charge in [-0.15, -0.1) is 0 Å². The van der Waals surface area contributed by atoms with Gasteiger partial charge < -0.3 is 11.1 Å². The lowest BCUT2D eigenvalue weighted by molar-refractivity contribution is -0.122. The molecule has 3 heteroatoms. The summed E-state index contributed by atoms with van der Waals surface area (Å²) in [7, 11) is 0. The number of nitrogens with one attached hydrogen (secondary N) is 1. The number of unbranched alkanes of at least 4 members (excludes halogenated alkanes) is 3. The Morgan fingerprint density at radius 2 is 1.89 bits per heavy atom. The van der Waals surface area contributed by atoms with Gasteiger partial charge in [-0.1, -0.05) is 43.2 Å². The molecule has 0 aliphatic heterocycles. The van der Waals surface area contributed by atoms with E-state index in [2.05, 4.69) is 17.4 Å². The van der Waals surface area contributed by atoms with E-state index in [0.717, 1.165) is 38.8 Å². The number of carbonyl (C=O) groups excluding carboxylic acids is 1. The lowest BCUT2D eigenvalue weighted by atomic mass is 10.1. The molecule has 0 bridgehead atoms. The van der Waals surface area contributed by atoms with Crippen LogP contribution in [0.15, 0.2) is 30.3 Å². The Balaban J connectivity index is 1.61. The summed E-state index contributed by atoms with van der Waals surface area (Å²) in [6.07, 6.45) is 5.48. The van der Waals surface area contributed by atoms with Crippen LogP contribution >= 0.6 is 0 Å². The lowest BCUT2D eigenvalue weighted by Gasteiger charge is -2.05. The Kier molecular flexibility index (Phi) is 5.40. The Morgan fingerprint density at radius 1 is 1.16 bits per heavy atom. The first kappa shape index (κ1) is 14.1. The fraction of sp³-hybridized carbons (Fsp3) is 0.562. The highest BCUT2D eigenvalue weighted by molar-refractivity contribution is 5.82. The van der Waals surface area contributed by atoms with Crippen LogP contribution in [0.1, 0.15) is 43.6 Å². The van der Waals surface area contributed by atoms with Crippen molar-refractivity contribution in [3.8, 4) is 0 Å². The van der Waals surface area contributed by atoms with Gasteiger partial charge in [0.25, 0.3) is 0 Å². The second kappa shape index (κ2) is 7.29. The van der Waals surface area contributed by atoms with Crippen LogP contribution in [-0.2, 0) is 4.79 Å². The first-order valence-electron chi connectivity index (χ1n) is 7.35. The molecule has 0 heterocycles. The quantitative estimate of drug-likeness (QED) is 0.705. The minimum atomic E-state index is 0.200. The molecule has 1 aromatic carbocycles. The van der Waals surface area contributed by atoms with Gasteiger partial charge in [0, 0.05) is 12.5 Å². The predicted octanol–water partition coefficient (Wildman–Crippen LogP) is 2.43. The standard InChI is InChI=1S/C16H24N2O/c17-10-6-1-2-7-11-18-16(19)15-12-14(15)13-8-4-3-5-9-13/h3-5,8-9,14-15H,1-2,6-7,10-12,17H2,(H,18,19). The monoisotopic (exact) mass is 260 g/mol. The van der Waals surface area contributed by atoms with Gasteiger partial charge in [-0.3, -0.25) is 4.79 Å². The molecule has 19 heavy (non-hydrogen) atoms. The number of benzene rings is 1. The van der Waals surface area contributed by atoms with Crippen LogP contribution in [0.5, 0.6) is 0 Å². The maximum absolute atomic E-state index is 11.9. The highest BCUT2D eigenvalue weighted by Crippen LogP contribution is 2.47. The molecule has 0 radical (unpaired) electrons. The first-order valence-corrected chi connectivity index (χ1v) is 7.35. The van der Waals surface area contributed by atoms with Crippen molar-refractivity contribution in [3.63, 3.8) is 0 Å². The first-order chi connectivity index (χ1) is 9.33. The van der Waals surface area contributed by atoms with E-state index in [9.17, 15) is 4.79 Å². The third kappa shape index (κ3) is 4.35. The van der Waals surface area contributed by atoms with Crippen LogP contribution < -0.4 is 11.1 Å². The summed E-state index contributed by atoms with van der Waals surface area (Å²) in [4.78, 5) is 11.9. The van der Waals surface area contributed by atoms with Gasteiger partial charge in [-0.2, -0.15) is 0 Å². The molecule has 2 rings (SSSR count). The molecule has 1 aliphatic carbocycles. The minimum Gasteiger partial charge on any atom is -0.356 e. The zero-order valence-electron chi connectivity index (χ0n) is 11.5.